The van der Waals surface area contributed by atoms with Crippen LogP contribution in [0.5, 0.6) is 5.75 Å². The lowest BCUT2D eigenvalue weighted by Crippen LogP contribution is -2.50. The third-order valence-electron chi connectivity index (χ3n) is 5.98. The molecule has 6 nitrogen and oxygen atoms in total. The fourth-order valence-electron chi connectivity index (χ4n) is 4.73. The van der Waals surface area contributed by atoms with E-state index in [1.54, 1.807) is 7.11 Å². The van der Waals surface area contributed by atoms with Gasteiger partial charge in [0.2, 0.25) is 0 Å². The van der Waals surface area contributed by atoms with Gasteiger partial charge in [0.15, 0.2) is 0 Å². The summed E-state index contributed by atoms with van der Waals surface area (Å²) in [5.41, 5.74) is 0.370. The molecule has 0 saturated carbocycles. The van der Waals surface area contributed by atoms with Gasteiger partial charge in [-0.3, -0.25) is 0 Å². The van der Waals surface area contributed by atoms with Gasteiger partial charge in [-0.15, -0.1) is 0 Å². The summed E-state index contributed by atoms with van der Waals surface area (Å²) in [4.78, 5) is 14.7. The normalized spacial score (nSPS) is 24.7. The molecule has 0 spiro atoms. The number of likely N-dealkylation sites (tertiary alicyclic amines) is 1. The molecule has 0 aliphatic carbocycles. The van der Waals surface area contributed by atoms with E-state index in [0.717, 1.165) is 43.5 Å². The van der Waals surface area contributed by atoms with Crippen molar-refractivity contribution in [2.24, 2.45) is 0 Å². The van der Waals surface area contributed by atoms with Crippen LogP contribution in [0, 0.1) is 0 Å². The molecule has 0 radical (unpaired) electrons. The Hall–Kier alpha value is -1.73. The molecule has 172 valence electrons. The quantitative estimate of drug-likeness (QED) is 0.600. The van der Waals surface area contributed by atoms with Crippen molar-refractivity contribution in [1.82, 2.24) is 4.90 Å². The molecule has 2 saturated heterocycles. The molecule has 31 heavy (non-hydrogen) atoms. The number of ether oxygens (including phenoxy) is 2. The van der Waals surface area contributed by atoms with E-state index in [1.165, 1.54) is 0 Å². The first-order valence-corrected chi connectivity index (χ1v) is 11.4. The molecule has 0 N–H and O–H groups in total. The SMILES string of the molecule is COc1ccc(C(CC2CCCN2C(=O)OC(C)(C)C)B2OC(C)CC(C)(C)O2)cc1. The second-order valence-electron chi connectivity index (χ2n) is 10.5. The van der Waals surface area contributed by atoms with Gasteiger partial charge in [-0.05, 0) is 84.9 Å². The molecule has 7 heteroatoms. The molecule has 3 atom stereocenters. The van der Waals surface area contributed by atoms with Crippen LogP contribution in [-0.4, -0.2) is 55.1 Å². The third-order valence-corrected chi connectivity index (χ3v) is 5.98. The Balaban J connectivity index is 1.84. The van der Waals surface area contributed by atoms with Gasteiger partial charge in [-0.2, -0.15) is 0 Å². The largest absolute Gasteiger partial charge is 0.497 e. The Bertz CT molecular complexity index is 745. The average Bonchev–Trinajstić information content (AvgIpc) is 3.12. The highest BCUT2D eigenvalue weighted by molar-refractivity contribution is 6.47. The van der Waals surface area contributed by atoms with Crippen molar-refractivity contribution >= 4 is 13.2 Å². The average molecular weight is 431 g/mol. The van der Waals surface area contributed by atoms with Crippen LogP contribution in [-0.2, 0) is 14.0 Å². The first kappa shape index (κ1) is 23.9. The molecule has 3 rings (SSSR count). The van der Waals surface area contributed by atoms with E-state index < -0.39 is 5.60 Å². The lowest BCUT2D eigenvalue weighted by molar-refractivity contribution is -0.0338. The van der Waals surface area contributed by atoms with Crippen LogP contribution in [0.4, 0.5) is 4.79 Å². The minimum absolute atomic E-state index is 0.000896. The van der Waals surface area contributed by atoms with Gasteiger partial charge in [-0.25, -0.2) is 4.79 Å². The van der Waals surface area contributed by atoms with Crippen LogP contribution >= 0.6 is 0 Å². The maximum absolute atomic E-state index is 12.8. The molecule has 0 aromatic heterocycles. The Labute approximate surface area is 187 Å². The van der Waals surface area contributed by atoms with Crippen LogP contribution < -0.4 is 4.74 Å². The van der Waals surface area contributed by atoms with E-state index in [4.69, 9.17) is 18.8 Å². The standard InChI is InChI=1S/C24H38BNO5/c1-17-16-24(5,6)31-25(30-17)21(18-10-12-20(28-7)13-11-18)15-19-9-8-14-26(19)22(27)29-23(2,3)4/h10-13,17,19,21H,8-9,14-16H2,1-7H3. The summed E-state index contributed by atoms with van der Waals surface area (Å²) >= 11 is 0. The van der Waals surface area contributed by atoms with E-state index in [9.17, 15) is 4.79 Å². The van der Waals surface area contributed by atoms with Crippen molar-refractivity contribution in [1.29, 1.82) is 0 Å². The second kappa shape index (κ2) is 9.41. The monoisotopic (exact) mass is 431 g/mol. The molecular weight excluding hydrogens is 393 g/mol. The summed E-state index contributed by atoms with van der Waals surface area (Å²) in [6, 6.07) is 8.19. The maximum Gasteiger partial charge on any atom is 0.465 e. The zero-order chi connectivity index (χ0) is 22.8. The molecule has 2 fully saturated rings. The molecule has 2 aliphatic rings. The third kappa shape index (κ3) is 6.39. The minimum atomic E-state index is -0.505. The second-order valence-corrected chi connectivity index (χ2v) is 10.5. The van der Waals surface area contributed by atoms with Crippen molar-refractivity contribution in [2.75, 3.05) is 13.7 Å². The number of carbonyl (C=O) groups is 1. The molecule has 1 aromatic carbocycles. The zero-order valence-electron chi connectivity index (χ0n) is 20.1. The molecule has 2 aliphatic heterocycles. The lowest BCUT2D eigenvalue weighted by atomic mass is 9.63. The van der Waals surface area contributed by atoms with E-state index >= 15 is 0 Å². The van der Waals surface area contributed by atoms with Crippen molar-refractivity contribution in [3.8, 4) is 5.75 Å². The topological polar surface area (TPSA) is 57.2 Å². The highest BCUT2D eigenvalue weighted by atomic mass is 16.6. The van der Waals surface area contributed by atoms with Gasteiger partial charge in [0, 0.05) is 24.5 Å². The predicted molar refractivity (Wildman–Crippen MR) is 122 cm³/mol. The molecular formula is C24H38BNO5. The number of carbonyl (C=O) groups excluding carboxylic acids is 1. The maximum atomic E-state index is 12.8. The first-order chi connectivity index (χ1) is 14.5. The van der Waals surface area contributed by atoms with Crippen LogP contribution in [0.2, 0.25) is 0 Å². The molecule has 1 amide bonds. The van der Waals surface area contributed by atoms with E-state index in [0.29, 0.717) is 0 Å². The fraction of sp³-hybridized carbons (Fsp3) is 0.708. The van der Waals surface area contributed by atoms with Crippen molar-refractivity contribution in [3.05, 3.63) is 29.8 Å². The zero-order valence-corrected chi connectivity index (χ0v) is 20.1. The number of rotatable bonds is 5. The van der Waals surface area contributed by atoms with E-state index in [1.807, 2.05) is 37.8 Å². The van der Waals surface area contributed by atoms with Crippen LogP contribution in [0.3, 0.4) is 0 Å². The van der Waals surface area contributed by atoms with E-state index in [-0.39, 0.29) is 36.8 Å². The number of nitrogens with zero attached hydrogens (tertiary/aromatic N) is 1. The van der Waals surface area contributed by atoms with Gasteiger partial charge in [0.25, 0.3) is 0 Å². The fourth-order valence-corrected chi connectivity index (χ4v) is 4.73. The van der Waals surface area contributed by atoms with Crippen molar-refractivity contribution < 1.29 is 23.6 Å². The summed E-state index contributed by atoms with van der Waals surface area (Å²) in [6.45, 7) is 12.8. The number of amides is 1. The number of benzene rings is 1. The summed E-state index contributed by atoms with van der Waals surface area (Å²) < 4.78 is 23.7. The Morgan fingerprint density at radius 1 is 1.29 bits per heavy atom. The Morgan fingerprint density at radius 3 is 2.55 bits per heavy atom. The number of hydrogen-bond donors (Lipinski definition) is 0. The van der Waals surface area contributed by atoms with Crippen LogP contribution in [0.1, 0.15) is 78.6 Å². The first-order valence-electron chi connectivity index (χ1n) is 11.4. The highest BCUT2D eigenvalue weighted by Gasteiger charge is 2.45. The molecule has 0 bridgehead atoms. The van der Waals surface area contributed by atoms with Gasteiger partial charge in [0.05, 0.1) is 12.7 Å². The Morgan fingerprint density at radius 2 is 1.97 bits per heavy atom. The minimum Gasteiger partial charge on any atom is -0.497 e. The van der Waals surface area contributed by atoms with E-state index in [2.05, 4.69) is 32.9 Å². The molecule has 1 aromatic rings. The number of hydrogen-bond acceptors (Lipinski definition) is 5. The lowest BCUT2D eigenvalue weighted by Gasteiger charge is -2.41. The van der Waals surface area contributed by atoms with Gasteiger partial charge in [0.1, 0.15) is 11.4 Å². The molecule has 3 unspecified atom stereocenters. The van der Waals surface area contributed by atoms with Gasteiger partial charge in [-0.1, -0.05) is 12.1 Å². The predicted octanol–water partition coefficient (Wildman–Crippen LogP) is 5.20. The van der Waals surface area contributed by atoms with Gasteiger partial charge >= 0.3 is 13.2 Å². The van der Waals surface area contributed by atoms with Crippen molar-refractivity contribution in [3.63, 3.8) is 0 Å². The highest BCUT2D eigenvalue weighted by Crippen LogP contribution is 2.37. The van der Waals surface area contributed by atoms with Gasteiger partial charge < -0.3 is 23.7 Å². The van der Waals surface area contributed by atoms with Crippen molar-refractivity contribution in [2.45, 2.75) is 96.4 Å². The summed E-state index contributed by atoms with van der Waals surface area (Å²) in [5.74, 6) is 0.818. The molecule has 2 heterocycles. The van der Waals surface area contributed by atoms with Crippen LogP contribution in [0.15, 0.2) is 24.3 Å². The summed E-state index contributed by atoms with van der Waals surface area (Å²) in [7, 11) is 1.30. The smallest absolute Gasteiger partial charge is 0.465 e. The number of methoxy groups -OCH3 is 1. The Kier molecular flexibility index (Phi) is 7.26. The summed E-state index contributed by atoms with van der Waals surface area (Å²) in [5, 5.41) is 0. The summed E-state index contributed by atoms with van der Waals surface area (Å²) in [6.07, 6.45) is 3.43. The van der Waals surface area contributed by atoms with Crippen LogP contribution in [0.25, 0.3) is 0 Å².